The Morgan fingerprint density at radius 3 is 1.00 bits per heavy atom. The van der Waals surface area contributed by atoms with Gasteiger partial charge in [0.15, 0.2) is 0 Å². The van der Waals surface area contributed by atoms with Crippen molar-refractivity contribution in [3.63, 3.8) is 0 Å². The van der Waals surface area contributed by atoms with E-state index in [1.165, 1.54) is 0 Å². The highest BCUT2D eigenvalue weighted by Crippen LogP contribution is 1.68. The summed E-state index contributed by atoms with van der Waals surface area (Å²) in [7, 11) is -0.139. The summed E-state index contributed by atoms with van der Waals surface area (Å²) in [4.78, 5) is 0. The highest BCUT2D eigenvalue weighted by atomic mass is 79.9. The van der Waals surface area contributed by atoms with Gasteiger partial charge in [-0.05, 0) is 0 Å². The van der Waals surface area contributed by atoms with Crippen molar-refractivity contribution in [1.82, 2.24) is 0 Å². The molecule has 5 heavy (non-hydrogen) atoms. The molecule has 0 aromatic carbocycles. The van der Waals surface area contributed by atoms with Crippen LogP contribution in [0.4, 0.5) is 0 Å². The predicted octanol–water partition coefficient (Wildman–Crippen LogP) is -1.89. The minimum atomic E-state index is -0.139. The fourth-order valence-electron chi connectivity index (χ4n) is 0. The van der Waals surface area contributed by atoms with Crippen LogP contribution in [0.5, 0.6) is 0 Å². The lowest BCUT2D eigenvalue weighted by Crippen LogP contribution is -3.00. The molecule has 0 heterocycles. The minimum absolute atomic E-state index is 0. The van der Waals surface area contributed by atoms with Gasteiger partial charge in [0.05, 0.1) is 0 Å². The van der Waals surface area contributed by atoms with Crippen LogP contribution in [0.15, 0.2) is 0 Å². The summed E-state index contributed by atoms with van der Waals surface area (Å²) in [5.74, 6) is 0. The second-order valence-corrected chi connectivity index (χ2v) is 5.20. The molecule has 0 radical (unpaired) electrons. The zero-order valence-electron chi connectivity index (χ0n) is 3.96. The first-order valence-electron chi connectivity index (χ1n) is 1.73. The van der Waals surface area contributed by atoms with Gasteiger partial charge in [-0.15, -0.1) is 0 Å². The van der Waals surface area contributed by atoms with Crippen LogP contribution in [0.1, 0.15) is 0 Å². The van der Waals surface area contributed by atoms with Gasteiger partial charge in [-0.25, -0.2) is 0 Å². The van der Waals surface area contributed by atoms with Crippen molar-refractivity contribution in [2.75, 3.05) is 0 Å². The SMILES string of the molecule is C[SiH](C)C.[Br-]. The highest BCUT2D eigenvalue weighted by Gasteiger charge is 1.71. The Bertz CT molecular complexity index is 11.6. The third-order valence-electron chi connectivity index (χ3n) is 0. The second-order valence-electron chi connectivity index (χ2n) is 1.73. The number of hydrogen-bond acceptors (Lipinski definition) is 0. The van der Waals surface area contributed by atoms with Gasteiger partial charge >= 0.3 is 0 Å². The van der Waals surface area contributed by atoms with Crippen molar-refractivity contribution in [1.29, 1.82) is 0 Å². The van der Waals surface area contributed by atoms with E-state index in [4.69, 9.17) is 0 Å². The van der Waals surface area contributed by atoms with Gasteiger partial charge in [0.1, 0.15) is 0 Å². The Morgan fingerprint density at radius 1 is 1.00 bits per heavy atom. The van der Waals surface area contributed by atoms with E-state index in [1.54, 1.807) is 0 Å². The summed E-state index contributed by atoms with van der Waals surface area (Å²) in [5.41, 5.74) is 0. The molecule has 0 aromatic heterocycles. The van der Waals surface area contributed by atoms with Crippen LogP contribution < -0.4 is 17.0 Å². The van der Waals surface area contributed by atoms with Crippen molar-refractivity contribution in [2.45, 2.75) is 19.6 Å². The van der Waals surface area contributed by atoms with Gasteiger partial charge in [-0.1, -0.05) is 19.6 Å². The molecule has 0 unspecified atom stereocenters. The lowest BCUT2D eigenvalue weighted by atomic mass is 11.8. The molecule has 0 saturated carbocycles. The van der Waals surface area contributed by atoms with Gasteiger partial charge in [-0.2, -0.15) is 0 Å². The monoisotopic (exact) mass is 153 g/mol. The quantitative estimate of drug-likeness (QED) is 0.358. The summed E-state index contributed by atoms with van der Waals surface area (Å²) in [6.07, 6.45) is 0. The van der Waals surface area contributed by atoms with Crippen LogP contribution in [0.2, 0.25) is 19.6 Å². The highest BCUT2D eigenvalue weighted by molar-refractivity contribution is 6.54. The van der Waals surface area contributed by atoms with Crippen LogP contribution in [-0.4, -0.2) is 8.80 Å². The van der Waals surface area contributed by atoms with Crippen molar-refractivity contribution in [3.05, 3.63) is 0 Å². The number of rotatable bonds is 0. The number of hydrogen-bond donors (Lipinski definition) is 0. The molecular formula is C3H10BrSi-. The zero-order chi connectivity index (χ0) is 3.58. The maximum atomic E-state index is 2.31. The first kappa shape index (κ1) is 9.20. The molecule has 34 valence electrons. The fraction of sp³-hybridized carbons (Fsp3) is 1.00. The molecule has 0 atom stereocenters. The Hall–Kier alpha value is 0.697. The molecule has 0 aliphatic carbocycles. The molecule has 0 aliphatic rings. The number of halogens is 1. The van der Waals surface area contributed by atoms with E-state index in [9.17, 15) is 0 Å². The molecule has 2 heteroatoms. The largest absolute Gasteiger partial charge is 1.00 e. The summed E-state index contributed by atoms with van der Waals surface area (Å²) in [5, 5.41) is 0. The average molecular weight is 154 g/mol. The zero-order valence-corrected chi connectivity index (χ0v) is 6.70. The lowest BCUT2D eigenvalue weighted by Gasteiger charge is -1.75. The Morgan fingerprint density at radius 2 is 1.00 bits per heavy atom. The molecule has 0 spiro atoms. The Labute approximate surface area is 46.0 Å². The maximum Gasteiger partial charge on any atom is 0.0274 e. The van der Waals surface area contributed by atoms with Crippen LogP contribution >= 0.6 is 0 Å². The molecule has 0 nitrogen and oxygen atoms in total. The molecule has 0 N–H and O–H groups in total. The molecule has 0 amide bonds. The molecule has 0 bridgehead atoms. The topological polar surface area (TPSA) is 0 Å². The molecular weight excluding hydrogens is 144 g/mol. The van der Waals surface area contributed by atoms with Crippen molar-refractivity contribution < 1.29 is 17.0 Å². The van der Waals surface area contributed by atoms with Gasteiger partial charge in [-0.3, -0.25) is 0 Å². The normalized spacial score (nSPS) is 7.20. The predicted molar refractivity (Wildman–Crippen MR) is 24.7 cm³/mol. The van der Waals surface area contributed by atoms with Crippen molar-refractivity contribution in [3.8, 4) is 0 Å². The minimum Gasteiger partial charge on any atom is -1.00 e. The summed E-state index contributed by atoms with van der Waals surface area (Å²) in [6.45, 7) is 6.92. The van der Waals surface area contributed by atoms with Crippen LogP contribution in [0.25, 0.3) is 0 Å². The van der Waals surface area contributed by atoms with Crippen LogP contribution in [-0.2, 0) is 0 Å². The van der Waals surface area contributed by atoms with Gasteiger partial charge in [0.2, 0.25) is 0 Å². The third kappa shape index (κ3) is 70.3. The summed E-state index contributed by atoms with van der Waals surface area (Å²) in [6, 6.07) is 0. The van der Waals surface area contributed by atoms with Gasteiger partial charge < -0.3 is 17.0 Å². The molecule has 0 fully saturated rings. The molecule has 0 aromatic rings. The van der Waals surface area contributed by atoms with Crippen molar-refractivity contribution >= 4 is 8.80 Å². The Kier molecular flexibility index (Phi) is 8.64. The van der Waals surface area contributed by atoms with E-state index in [2.05, 4.69) is 19.6 Å². The third-order valence-corrected chi connectivity index (χ3v) is 0. The first-order chi connectivity index (χ1) is 1.73. The van der Waals surface area contributed by atoms with E-state index in [1.807, 2.05) is 0 Å². The van der Waals surface area contributed by atoms with Gasteiger partial charge in [0, 0.05) is 8.80 Å². The van der Waals surface area contributed by atoms with Gasteiger partial charge in [0.25, 0.3) is 0 Å². The molecule has 0 aliphatic heterocycles. The lowest BCUT2D eigenvalue weighted by molar-refractivity contribution is -0.00000112. The maximum absolute atomic E-state index is 2.31. The summed E-state index contributed by atoms with van der Waals surface area (Å²) < 4.78 is 0. The van der Waals surface area contributed by atoms with E-state index in [0.29, 0.717) is 0 Å². The van der Waals surface area contributed by atoms with Crippen molar-refractivity contribution in [2.24, 2.45) is 0 Å². The fourth-order valence-corrected chi connectivity index (χ4v) is 0. The summed E-state index contributed by atoms with van der Waals surface area (Å²) >= 11 is 0. The van der Waals surface area contributed by atoms with E-state index >= 15 is 0 Å². The smallest absolute Gasteiger partial charge is 0.0274 e. The molecule has 0 rings (SSSR count). The van der Waals surface area contributed by atoms with Crippen LogP contribution in [0.3, 0.4) is 0 Å². The van der Waals surface area contributed by atoms with E-state index < -0.39 is 0 Å². The first-order valence-corrected chi connectivity index (χ1v) is 5.20. The van der Waals surface area contributed by atoms with Crippen LogP contribution in [0, 0.1) is 0 Å². The Balaban J connectivity index is 0. The average Bonchev–Trinajstić information content (AvgIpc) is 0.811. The second kappa shape index (κ2) is 4.70. The van der Waals surface area contributed by atoms with E-state index in [0.717, 1.165) is 0 Å². The van der Waals surface area contributed by atoms with E-state index in [-0.39, 0.29) is 25.8 Å². The molecule has 0 saturated heterocycles. The standard InChI is InChI=1S/C3H10Si.BrH/c1-4(2)3;/h4H,1-3H3;1H/p-1.